The second-order valence-corrected chi connectivity index (χ2v) is 9.04. The zero-order chi connectivity index (χ0) is 23.3. The van der Waals surface area contributed by atoms with Crippen LogP contribution in [0.5, 0.6) is 5.75 Å². The van der Waals surface area contributed by atoms with Gasteiger partial charge >= 0.3 is 0 Å². The first-order valence-electron chi connectivity index (χ1n) is 9.62. The molecule has 0 radical (unpaired) electrons. The lowest BCUT2D eigenvalue weighted by atomic mass is 10.1. The molecule has 0 unspecified atom stereocenters. The second-order valence-electron chi connectivity index (χ2n) is 7.00. The van der Waals surface area contributed by atoms with Gasteiger partial charge in [-0.15, -0.1) is 0 Å². The minimum absolute atomic E-state index is 0.00876. The molecule has 2 amide bonds. The van der Waals surface area contributed by atoms with Crippen molar-refractivity contribution in [2.45, 2.75) is 11.4 Å². The van der Waals surface area contributed by atoms with E-state index in [9.17, 15) is 18.0 Å². The van der Waals surface area contributed by atoms with Crippen LogP contribution in [-0.2, 0) is 16.6 Å². The van der Waals surface area contributed by atoms with Crippen LogP contribution in [0.15, 0.2) is 77.7 Å². The molecule has 0 saturated heterocycles. The van der Waals surface area contributed by atoms with Crippen LogP contribution in [0.4, 0.5) is 5.69 Å². The van der Waals surface area contributed by atoms with Crippen molar-refractivity contribution in [2.24, 2.45) is 5.73 Å². The fourth-order valence-corrected chi connectivity index (χ4v) is 4.23. The standard InChI is InChI=1S/C23H23N3O5S/c1-26(32(29,30)20-6-4-3-5-7-20)15-18-14-17(10-13-21(18)31-2)23(28)25-19-11-8-16(9-12-19)22(24)27/h3-14H,15H2,1-2H3,(H2,24,27)(H,25,28). The number of carbonyl (C=O) groups excluding carboxylic acids is 2. The number of amides is 2. The quantitative estimate of drug-likeness (QED) is 0.544. The highest BCUT2D eigenvalue weighted by atomic mass is 32.2. The van der Waals surface area contributed by atoms with Crippen molar-refractivity contribution < 1.29 is 22.7 Å². The highest BCUT2D eigenvalue weighted by molar-refractivity contribution is 7.89. The number of primary amides is 1. The lowest BCUT2D eigenvalue weighted by Gasteiger charge is -2.19. The highest BCUT2D eigenvalue weighted by Crippen LogP contribution is 2.25. The van der Waals surface area contributed by atoms with Crippen molar-refractivity contribution >= 4 is 27.5 Å². The predicted molar refractivity (Wildman–Crippen MR) is 121 cm³/mol. The fraction of sp³-hybridized carbons (Fsp3) is 0.130. The number of nitrogens with one attached hydrogen (secondary N) is 1. The van der Waals surface area contributed by atoms with Gasteiger partial charge in [-0.2, -0.15) is 4.31 Å². The maximum Gasteiger partial charge on any atom is 0.255 e. The molecule has 0 bridgehead atoms. The van der Waals surface area contributed by atoms with Gasteiger partial charge in [0.15, 0.2) is 0 Å². The Kier molecular flexibility index (Phi) is 6.92. The van der Waals surface area contributed by atoms with E-state index < -0.39 is 21.8 Å². The van der Waals surface area contributed by atoms with E-state index in [0.717, 1.165) is 0 Å². The summed E-state index contributed by atoms with van der Waals surface area (Å²) >= 11 is 0. The van der Waals surface area contributed by atoms with Gasteiger partial charge in [0.1, 0.15) is 5.75 Å². The molecule has 3 aromatic carbocycles. The van der Waals surface area contributed by atoms with E-state index in [1.165, 1.54) is 42.7 Å². The molecule has 3 aromatic rings. The van der Waals surface area contributed by atoms with Crippen molar-refractivity contribution in [3.8, 4) is 5.75 Å². The van der Waals surface area contributed by atoms with E-state index in [-0.39, 0.29) is 11.4 Å². The number of ether oxygens (including phenoxy) is 1. The highest BCUT2D eigenvalue weighted by Gasteiger charge is 2.22. The minimum atomic E-state index is -3.72. The van der Waals surface area contributed by atoms with Gasteiger partial charge in [-0.1, -0.05) is 18.2 Å². The summed E-state index contributed by atoms with van der Waals surface area (Å²) in [6.07, 6.45) is 0. The van der Waals surface area contributed by atoms with Crippen LogP contribution in [0.2, 0.25) is 0 Å². The first-order chi connectivity index (χ1) is 15.2. The minimum Gasteiger partial charge on any atom is -0.496 e. The van der Waals surface area contributed by atoms with Gasteiger partial charge in [0, 0.05) is 36.0 Å². The number of hydrogen-bond donors (Lipinski definition) is 2. The molecule has 0 atom stereocenters. The van der Waals surface area contributed by atoms with Crippen LogP contribution in [0.1, 0.15) is 26.3 Å². The Morgan fingerprint density at radius 3 is 2.19 bits per heavy atom. The summed E-state index contributed by atoms with van der Waals surface area (Å²) in [5.74, 6) is -0.492. The van der Waals surface area contributed by atoms with E-state index >= 15 is 0 Å². The van der Waals surface area contributed by atoms with Gasteiger partial charge in [-0.05, 0) is 54.6 Å². The van der Waals surface area contributed by atoms with Crippen molar-refractivity contribution in [3.05, 3.63) is 89.5 Å². The SMILES string of the molecule is COc1ccc(C(=O)Nc2ccc(C(N)=O)cc2)cc1CN(C)S(=O)(=O)c1ccccc1. The summed E-state index contributed by atoms with van der Waals surface area (Å²) in [5, 5.41) is 2.73. The average Bonchev–Trinajstić information content (AvgIpc) is 2.79. The molecule has 0 heterocycles. The van der Waals surface area contributed by atoms with Crippen molar-refractivity contribution in [2.75, 3.05) is 19.5 Å². The number of benzene rings is 3. The Labute approximate surface area is 186 Å². The fourth-order valence-electron chi connectivity index (χ4n) is 3.06. The number of carbonyl (C=O) groups is 2. The zero-order valence-corrected chi connectivity index (χ0v) is 18.4. The second kappa shape index (κ2) is 9.63. The Morgan fingerprint density at radius 2 is 1.59 bits per heavy atom. The van der Waals surface area contributed by atoms with E-state index in [0.29, 0.717) is 28.1 Å². The Morgan fingerprint density at radius 1 is 0.969 bits per heavy atom. The molecule has 0 aliphatic heterocycles. The monoisotopic (exact) mass is 453 g/mol. The number of anilines is 1. The molecule has 0 fully saturated rings. The molecule has 0 aliphatic rings. The number of sulfonamides is 1. The van der Waals surface area contributed by atoms with Crippen LogP contribution in [0, 0.1) is 0 Å². The largest absolute Gasteiger partial charge is 0.496 e. The summed E-state index contributed by atoms with van der Waals surface area (Å²) in [6, 6.07) is 19.1. The summed E-state index contributed by atoms with van der Waals surface area (Å²) in [7, 11) is -0.772. The van der Waals surface area contributed by atoms with Crippen molar-refractivity contribution in [1.82, 2.24) is 4.31 Å². The van der Waals surface area contributed by atoms with E-state index in [1.54, 1.807) is 48.5 Å². The number of nitrogens with two attached hydrogens (primary N) is 1. The van der Waals surface area contributed by atoms with E-state index in [4.69, 9.17) is 10.5 Å². The number of methoxy groups -OCH3 is 1. The molecule has 9 heteroatoms. The van der Waals surface area contributed by atoms with Gasteiger partial charge in [0.2, 0.25) is 15.9 Å². The molecule has 0 spiro atoms. The molecule has 3 N–H and O–H groups in total. The zero-order valence-electron chi connectivity index (χ0n) is 17.6. The third-order valence-electron chi connectivity index (χ3n) is 4.81. The third-order valence-corrected chi connectivity index (χ3v) is 6.63. The van der Waals surface area contributed by atoms with E-state index in [2.05, 4.69) is 5.32 Å². The van der Waals surface area contributed by atoms with Crippen LogP contribution in [-0.4, -0.2) is 38.7 Å². The van der Waals surface area contributed by atoms with Crippen LogP contribution >= 0.6 is 0 Å². The maximum atomic E-state index is 12.8. The van der Waals surface area contributed by atoms with Gasteiger partial charge in [0.25, 0.3) is 5.91 Å². The van der Waals surface area contributed by atoms with Gasteiger partial charge < -0.3 is 15.8 Å². The topological polar surface area (TPSA) is 119 Å². The van der Waals surface area contributed by atoms with Crippen molar-refractivity contribution in [1.29, 1.82) is 0 Å². The van der Waals surface area contributed by atoms with Gasteiger partial charge in [0.05, 0.1) is 12.0 Å². The first kappa shape index (κ1) is 23.0. The molecule has 3 rings (SSSR count). The molecule has 0 aliphatic carbocycles. The smallest absolute Gasteiger partial charge is 0.255 e. The molecule has 0 saturated carbocycles. The molecule has 0 aromatic heterocycles. The lowest BCUT2D eigenvalue weighted by Crippen LogP contribution is -2.27. The molecular weight excluding hydrogens is 430 g/mol. The van der Waals surface area contributed by atoms with E-state index in [1.807, 2.05) is 0 Å². The Bertz CT molecular complexity index is 1230. The number of nitrogens with zero attached hydrogens (tertiary/aromatic N) is 1. The van der Waals surface area contributed by atoms with Crippen LogP contribution in [0.25, 0.3) is 0 Å². The van der Waals surface area contributed by atoms with Crippen molar-refractivity contribution in [3.63, 3.8) is 0 Å². The Balaban J connectivity index is 1.82. The molecular formula is C23H23N3O5S. The molecule has 166 valence electrons. The normalized spacial score (nSPS) is 11.2. The van der Waals surface area contributed by atoms with Crippen LogP contribution in [0.3, 0.4) is 0 Å². The number of hydrogen-bond acceptors (Lipinski definition) is 5. The number of rotatable bonds is 8. The summed E-state index contributed by atoms with van der Waals surface area (Å²) in [6.45, 7) is 0.00876. The van der Waals surface area contributed by atoms with Gasteiger partial charge in [-0.25, -0.2) is 8.42 Å². The predicted octanol–water partition coefficient (Wildman–Crippen LogP) is 2.87. The Hall–Kier alpha value is -3.69. The maximum absolute atomic E-state index is 12.8. The average molecular weight is 454 g/mol. The summed E-state index contributed by atoms with van der Waals surface area (Å²) in [5.41, 5.74) is 6.90. The summed E-state index contributed by atoms with van der Waals surface area (Å²) in [4.78, 5) is 24.1. The first-order valence-corrected chi connectivity index (χ1v) is 11.1. The lowest BCUT2D eigenvalue weighted by molar-refractivity contribution is 0.0998. The molecule has 8 nitrogen and oxygen atoms in total. The summed E-state index contributed by atoms with van der Waals surface area (Å²) < 4.78 is 32.2. The van der Waals surface area contributed by atoms with Crippen LogP contribution < -0.4 is 15.8 Å². The van der Waals surface area contributed by atoms with Gasteiger partial charge in [-0.3, -0.25) is 9.59 Å². The molecule has 32 heavy (non-hydrogen) atoms. The third kappa shape index (κ3) is 5.13.